The van der Waals surface area contributed by atoms with Crippen LogP contribution in [0.3, 0.4) is 0 Å². The smallest absolute Gasteiger partial charge is 0.326 e. The molecule has 0 aromatic rings. The molecule has 380 valence electrons. The van der Waals surface area contributed by atoms with Crippen LogP contribution in [0.5, 0.6) is 0 Å². The number of primary amides is 1. The van der Waals surface area contributed by atoms with Crippen molar-refractivity contribution in [1.29, 1.82) is 0 Å². The van der Waals surface area contributed by atoms with E-state index in [1.807, 2.05) is 0 Å². The number of carboxylic acids is 3. The Hall–Kier alpha value is -4.93. The zero-order valence-corrected chi connectivity index (χ0v) is 38.7. The molecule has 0 bridgehead atoms. The lowest BCUT2D eigenvalue weighted by Gasteiger charge is -2.17. The molecular weight excluding hydrogens is 869 g/mol. The van der Waals surface area contributed by atoms with Crippen LogP contribution in [0.25, 0.3) is 0 Å². The molecular formula is C44H78N6O16. The molecule has 6 amide bonds. The molecule has 0 fully saturated rings. The molecule has 0 rings (SSSR count). The summed E-state index contributed by atoms with van der Waals surface area (Å²) in [5.41, 5.74) is 4.94. The van der Waals surface area contributed by atoms with Crippen molar-refractivity contribution < 1.29 is 77.4 Å². The van der Waals surface area contributed by atoms with E-state index >= 15 is 0 Å². The van der Waals surface area contributed by atoms with Crippen molar-refractivity contribution >= 4 is 53.4 Å². The molecule has 0 saturated heterocycles. The summed E-state index contributed by atoms with van der Waals surface area (Å²) < 4.78 is 20.7. The van der Waals surface area contributed by atoms with Crippen LogP contribution < -0.4 is 32.3 Å². The van der Waals surface area contributed by atoms with Crippen LogP contribution in [0.15, 0.2) is 0 Å². The second-order valence-corrected chi connectivity index (χ2v) is 15.8. The maximum Gasteiger partial charge on any atom is 0.326 e. The molecule has 0 aliphatic heterocycles. The number of carbonyl (C=O) groups is 9. The summed E-state index contributed by atoms with van der Waals surface area (Å²) in [5, 5.41) is 40.4. The van der Waals surface area contributed by atoms with E-state index < -0.39 is 53.6 Å². The molecule has 0 aliphatic carbocycles. The number of nitrogens with two attached hydrogens (primary N) is 1. The van der Waals surface area contributed by atoms with E-state index in [0.29, 0.717) is 12.8 Å². The molecule has 10 N–H and O–H groups in total. The number of carboxylic acid groups (broad SMARTS) is 3. The first kappa shape index (κ1) is 61.1. The highest BCUT2D eigenvalue weighted by molar-refractivity contribution is 5.86. The highest BCUT2D eigenvalue weighted by Gasteiger charge is 2.24. The third kappa shape index (κ3) is 41.8. The third-order valence-corrected chi connectivity index (χ3v) is 9.89. The summed E-state index contributed by atoms with van der Waals surface area (Å²) >= 11 is 0. The maximum atomic E-state index is 12.5. The van der Waals surface area contributed by atoms with Gasteiger partial charge in [0.25, 0.3) is 0 Å². The molecule has 22 nitrogen and oxygen atoms in total. The van der Waals surface area contributed by atoms with E-state index in [1.165, 1.54) is 25.7 Å². The molecule has 0 aromatic carbocycles. The van der Waals surface area contributed by atoms with E-state index in [-0.39, 0.29) is 129 Å². The summed E-state index contributed by atoms with van der Waals surface area (Å²) in [6.45, 7) is 1.61. The second-order valence-electron chi connectivity index (χ2n) is 15.8. The van der Waals surface area contributed by atoms with Crippen LogP contribution in [-0.4, -0.2) is 153 Å². The predicted molar refractivity (Wildman–Crippen MR) is 240 cm³/mol. The molecule has 0 radical (unpaired) electrons. The minimum atomic E-state index is -1.40. The number of nitrogens with one attached hydrogen (secondary N) is 5. The zero-order chi connectivity index (χ0) is 49.0. The Morgan fingerprint density at radius 3 is 1.21 bits per heavy atom. The van der Waals surface area contributed by atoms with Crippen molar-refractivity contribution in [2.45, 2.75) is 153 Å². The topological polar surface area (TPSA) is 337 Å². The van der Waals surface area contributed by atoms with Crippen molar-refractivity contribution in [2.24, 2.45) is 5.73 Å². The summed E-state index contributed by atoms with van der Waals surface area (Å²) in [7, 11) is 0. The lowest BCUT2D eigenvalue weighted by atomic mass is 10.0. The fraction of sp³-hybridized carbons (Fsp3) is 0.795. The fourth-order valence-corrected chi connectivity index (χ4v) is 6.29. The van der Waals surface area contributed by atoms with E-state index in [0.717, 1.165) is 57.8 Å². The Balaban J connectivity index is 3.98. The lowest BCUT2D eigenvalue weighted by Crippen LogP contribution is -2.44. The van der Waals surface area contributed by atoms with Gasteiger partial charge in [-0.3, -0.25) is 33.6 Å². The van der Waals surface area contributed by atoms with Gasteiger partial charge in [-0.25, -0.2) is 9.59 Å². The van der Waals surface area contributed by atoms with Crippen LogP contribution in [0.1, 0.15) is 141 Å². The Morgan fingerprint density at radius 2 is 0.742 bits per heavy atom. The standard InChI is InChI=1S/C44H78N6O16/c45-36(51)32-65-30-28-64-27-25-48-41(56)33-66-31-29-63-26-24-47-37(52)17-15-23-46-38(53)21-19-34(43(59)60)50-40(55)22-20-35(44(61)62)49-39(54)16-13-11-9-7-5-3-1-2-4-6-8-10-12-14-18-42(57)58/h34-35H,1-33H2,(H2,45,51)(H,46,53)(H,47,52)(H,48,56)(H,49,54)(H,50,55)(H,57,58)(H,59,60)(H,61,62)/t34-,35-/m0/s1. The molecule has 22 heteroatoms. The van der Waals surface area contributed by atoms with E-state index in [9.17, 15) is 53.4 Å². The number of ether oxygens (including phenoxy) is 4. The number of unbranched alkanes of at least 4 members (excludes halogenated alkanes) is 13. The number of aliphatic carboxylic acids is 3. The second kappa shape index (κ2) is 42.7. The number of amides is 6. The van der Waals surface area contributed by atoms with Crippen molar-refractivity contribution in [3.05, 3.63) is 0 Å². The van der Waals surface area contributed by atoms with Gasteiger partial charge in [0.1, 0.15) is 25.3 Å². The monoisotopic (exact) mass is 947 g/mol. The molecule has 0 aliphatic rings. The fourth-order valence-electron chi connectivity index (χ4n) is 6.29. The lowest BCUT2D eigenvalue weighted by molar-refractivity contribution is -0.143. The van der Waals surface area contributed by atoms with E-state index in [1.54, 1.807) is 0 Å². The van der Waals surface area contributed by atoms with Gasteiger partial charge in [0.15, 0.2) is 0 Å². The van der Waals surface area contributed by atoms with Crippen molar-refractivity contribution in [3.8, 4) is 0 Å². The Bertz CT molecular complexity index is 1400. The van der Waals surface area contributed by atoms with Crippen LogP contribution in [0.4, 0.5) is 0 Å². The molecule has 0 unspecified atom stereocenters. The predicted octanol–water partition coefficient (Wildman–Crippen LogP) is 1.69. The Labute approximate surface area is 388 Å². The minimum Gasteiger partial charge on any atom is -0.481 e. The molecule has 66 heavy (non-hydrogen) atoms. The van der Waals surface area contributed by atoms with Crippen LogP contribution in [-0.2, 0) is 62.1 Å². The first-order chi connectivity index (χ1) is 31.7. The van der Waals surface area contributed by atoms with Crippen LogP contribution in [0, 0.1) is 0 Å². The van der Waals surface area contributed by atoms with Crippen molar-refractivity contribution in [1.82, 2.24) is 26.6 Å². The first-order valence-electron chi connectivity index (χ1n) is 23.4. The summed E-state index contributed by atoms with van der Waals surface area (Å²) in [4.78, 5) is 106. The van der Waals surface area contributed by atoms with Gasteiger partial charge < -0.3 is 66.6 Å². The van der Waals surface area contributed by atoms with Gasteiger partial charge in [0.05, 0.1) is 39.6 Å². The van der Waals surface area contributed by atoms with Crippen LogP contribution in [0.2, 0.25) is 0 Å². The number of carbonyl (C=O) groups excluding carboxylic acids is 6. The maximum absolute atomic E-state index is 12.5. The van der Waals surface area contributed by atoms with Gasteiger partial charge in [-0.1, -0.05) is 77.0 Å². The van der Waals surface area contributed by atoms with E-state index in [4.69, 9.17) is 29.8 Å². The van der Waals surface area contributed by atoms with Gasteiger partial charge in [-0.05, 0) is 32.1 Å². The summed E-state index contributed by atoms with van der Waals surface area (Å²) in [5.74, 6) is -6.22. The first-order valence-corrected chi connectivity index (χ1v) is 23.4. The molecule has 0 aromatic heterocycles. The highest BCUT2D eigenvalue weighted by atomic mass is 16.5. The SMILES string of the molecule is NC(=O)COCCOCCNC(=O)COCCOCCNC(=O)CCCNC(=O)CC[C@H](NC(=O)CC[C@H](NC(=O)CCCCCCCCCCCCCCCCC(=O)O)C(=O)O)C(=O)O. The Morgan fingerprint density at radius 1 is 0.379 bits per heavy atom. The van der Waals surface area contributed by atoms with Gasteiger partial charge in [0.2, 0.25) is 35.4 Å². The third-order valence-electron chi connectivity index (χ3n) is 9.89. The summed E-state index contributed by atoms with van der Waals surface area (Å²) in [6, 6.07) is -2.72. The number of hydrogen-bond acceptors (Lipinski definition) is 13. The van der Waals surface area contributed by atoms with Gasteiger partial charge in [-0.15, -0.1) is 0 Å². The van der Waals surface area contributed by atoms with Crippen LogP contribution >= 0.6 is 0 Å². The van der Waals surface area contributed by atoms with Crippen molar-refractivity contribution in [2.75, 3.05) is 72.5 Å². The number of rotatable bonds is 47. The van der Waals surface area contributed by atoms with Gasteiger partial charge in [-0.2, -0.15) is 0 Å². The quantitative estimate of drug-likeness (QED) is 0.0392. The average molecular weight is 947 g/mol. The largest absolute Gasteiger partial charge is 0.481 e. The zero-order valence-electron chi connectivity index (χ0n) is 38.7. The van der Waals surface area contributed by atoms with E-state index in [2.05, 4.69) is 26.6 Å². The summed E-state index contributed by atoms with van der Waals surface area (Å²) in [6.07, 6.45) is 14.3. The Kier molecular flexibility index (Phi) is 39.5. The molecule has 0 saturated carbocycles. The average Bonchev–Trinajstić information content (AvgIpc) is 3.26. The minimum absolute atomic E-state index is 0.114. The van der Waals surface area contributed by atoms with Gasteiger partial charge in [0, 0.05) is 51.7 Å². The van der Waals surface area contributed by atoms with Crippen molar-refractivity contribution in [3.63, 3.8) is 0 Å². The number of hydrogen-bond donors (Lipinski definition) is 9. The molecule has 2 atom stereocenters. The van der Waals surface area contributed by atoms with Gasteiger partial charge >= 0.3 is 17.9 Å². The highest BCUT2D eigenvalue weighted by Crippen LogP contribution is 2.14. The molecule has 0 heterocycles. The normalized spacial score (nSPS) is 11.8. The molecule has 0 spiro atoms.